The van der Waals surface area contributed by atoms with Gasteiger partial charge in [0.05, 0.1) is 5.69 Å². The highest BCUT2D eigenvalue weighted by molar-refractivity contribution is 7.14. The SMILES string of the molecule is NC(C(=O)O)c1csc(N2CCN(c3nccs3)CC2)n1. The predicted octanol–water partition coefficient (Wildman–Crippen LogP) is 1.01. The molecule has 0 saturated carbocycles. The van der Waals surface area contributed by atoms with Gasteiger partial charge in [-0.3, -0.25) is 4.79 Å². The molecule has 21 heavy (non-hydrogen) atoms. The fraction of sp³-hybridized carbons (Fsp3) is 0.417. The summed E-state index contributed by atoms with van der Waals surface area (Å²) in [7, 11) is 0. The molecule has 3 N–H and O–H groups in total. The van der Waals surface area contributed by atoms with Crippen molar-refractivity contribution in [2.75, 3.05) is 36.0 Å². The molecule has 1 saturated heterocycles. The van der Waals surface area contributed by atoms with Crippen LogP contribution in [0.4, 0.5) is 10.3 Å². The Morgan fingerprint density at radius 1 is 1.24 bits per heavy atom. The van der Waals surface area contributed by atoms with Crippen LogP contribution in [0.3, 0.4) is 0 Å². The number of carboxylic acid groups (broad SMARTS) is 1. The Hall–Kier alpha value is -1.71. The maximum Gasteiger partial charge on any atom is 0.326 e. The van der Waals surface area contributed by atoms with Crippen molar-refractivity contribution in [3.8, 4) is 0 Å². The number of carbonyl (C=O) groups is 1. The molecule has 0 bridgehead atoms. The van der Waals surface area contributed by atoms with E-state index in [2.05, 4.69) is 19.8 Å². The molecule has 0 spiro atoms. The number of hydrogen-bond acceptors (Lipinski definition) is 8. The highest BCUT2D eigenvalue weighted by atomic mass is 32.1. The number of piperazine rings is 1. The molecule has 1 fully saturated rings. The van der Waals surface area contributed by atoms with E-state index >= 15 is 0 Å². The van der Waals surface area contributed by atoms with Crippen LogP contribution in [0.25, 0.3) is 0 Å². The minimum Gasteiger partial charge on any atom is -0.480 e. The summed E-state index contributed by atoms with van der Waals surface area (Å²) < 4.78 is 0. The second-order valence-electron chi connectivity index (χ2n) is 4.66. The van der Waals surface area contributed by atoms with Gasteiger partial charge in [-0.05, 0) is 0 Å². The van der Waals surface area contributed by atoms with E-state index in [-0.39, 0.29) is 0 Å². The number of hydrogen-bond donors (Lipinski definition) is 2. The summed E-state index contributed by atoms with van der Waals surface area (Å²) in [5, 5.41) is 14.5. The number of rotatable bonds is 4. The van der Waals surface area contributed by atoms with Crippen molar-refractivity contribution in [2.45, 2.75) is 6.04 Å². The molecule has 1 aliphatic rings. The van der Waals surface area contributed by atoms with E-state index in [0.29, 0.717) is 5.69 Å². The Morgan fingerprint density at radius 2 is 1.90 bits per heavy atom. The van der Waals surface area contributed by atoms with E-state index in [1.807, 2.05) is 11.6 Å². The van der Waals surface area contributed by atoms with Gasteiger partial charge in [-0.2, -0.15) is 0 Å². The Balaban J connectivity index is 1.63. The van der Waals surface area contributed by atoms with Crippen molar-refractivity contribution >= 4 is 38.9 Å². The van der Waals surface area contributed by atoms with E-state index < -0.39 is 12.0 Å². The molecule has 0 aromatic carbocycles. The summed E-state index contributed by atoms with van der Waals surface area (Å²) in [6.07, 6.45) is 1.81. The number of aliphatic carboxylic acids is 1. The number of aromatic nitrogens is 2. The van der Waals surface area contributed by atoms with Crippen LogP contribution >= 0.6 is 22.7 Å². The summed E-state index contributed by atoms with van der Waals surface area (Å²) in [6.45, 7) is 3.45. The Bertz CT molecular complexity index is 607. The summed E-state index contributed by atoms with van der Waals surface area (Å²) >= 11 is 3.08. The maximum absolute atomic E-state index is 10.9. The molecule has 0 radical (unpaired) electrons. The molecule has 0 aliphatic carbocycles. The molecule has 7 nitrogen and oxygen atoms in total. The van der Waals surface area contributed by atoms with Gasteiger partial charge in [-0.25, -0.2) is 9.97 Å². The van der Waals surface area contributed by atoms with Gasteiger partial charge in [0, 0.05) is 43.1 Å². The third-order valence-corrected chi connectivity index (χ3v) is 5.09. The Labute approximate surface area is 129 Å². The number of nitrogens with two attached hydrogens (primary N) is 1. The first-order chi connectivity index (χ1) is 10.1. The predicted molar refractivity (Wildman–Crippen MR) is 83.2 cm³/mol. The standard InChI is InChI=1S/C12H15N5O2S2/c13-9(10(18)19)8-7-21-12(15-8)17-4-2-16(3-5-17)11-14-1-6-20-11/h1,6-7,9H,2-5,13H2,(H,18,19). The number of anilines is 2. The second-order valence-corrected chi connectivity index (χ2v) is 6.37. The van der Waals surface area contributed by atoms with Crippen molar-refractivity contribution in [3.05, 3.63) is 22.7 Å². The topological polar surface area (TPSA) is 95.6 Å². The maximum atomic E-state index is 10.9. The monoisotopic (exact) mass is 325 g/mol. The Morgan fingerprint density at radius 3 is 2.48 bits per heavy atom. The molecule has 2 aromatic rings. The number of nitrogens with zero attached hydrogens (tertiary/aromatic N) is 4. The van der Waals surface area contributed by atoms with Crippen LogP contribution < -0.4 is 15.5 Å². The van der Waals surface area contributed by atoms with Gasteiger partial charge in [0.25, 0.3) is 0 Å². The summed E-state index contributed by atoms with van der Waals surface area (Å²) in [5.41, 5.74) is 6.00. The molecular weight excluding hydrogens is 310 g/mol. The van der Waals surface area contributed by atoms with E-state index in [0.717, 1.165) is 36.4 Å². The zero-order valence-corrected chi connectivity index (χ0v) is 12.8. The molecule has 3 rings (SSSR count). The highest BCUT2D eigenvalue weighted by Gasteiger charge is 2.23. The van der Waals surface area contributed by atoms with Crippen LogP contribution in [0.2, 0.25) is 0 Å². The molecule has 0 amide bonds. The minimum atomic E-state index is -1.06. The molecular formula is C12H15N5O2S2. The fourth-order valence-corrected chi connectivity index (χ4v) is 3.76. The first-order valence-electron chi connectivity index (χ1n) is 6.48. The van der Waals surface area contributed by atoms with Crippen LogP contribution in [0.5, 0.6) is 0 Å². The van der Waals surface area contributed by atoms with Crippen LogP contribution in [-0.4, -0.2) is 47.2 Å². The van der Waals surface area contributed by atoms with Gasteiger partial charge in [0.2, 0.25) is 0 Å². The first kappa shape index (κ1) is 14.2. The average molecular weight is 325 g/mol. The molecule has 1 unspecified atom stereocenters. The third kappa shape index (κ3) is 2.99. The smallest absolute Gasteiger partial charge is 0.326 e. The van der Waals surface area contributed by atoms with Crippen molar-refractivity contribution in [3.63, 3.8) is 0 Å². The van der Waals surface area contributed by atoms with Crippen LogP contribution in [0.1, 0.15) is 11.7 Å². The van der Waals surface area contributed by atoms with Crippen molar-refractivity contribution in [2.24, 2.45) is 5.73 Å². The molecule has 1 aliphatic heterocycles. The molecule has 9 heteroatoms. The average Bonchev–Trinajstić information content (AvgIpc) is 3.18. The lowest BCUT2D eigenvalue weighted by Crippen LogP contribution is -2.46. The lowest BCUT2D eigenvalue weighted by Gasteiger charge is -2.34. The van der Waals surface area contributed by atoms with Gasteiger partial charge >= 0.3 is 5.97 Å². The van der Waals surface area contributed by atoms with Crippen molar-refractivity contribution < 1.29 is 9.90 Å². The zero-order chi connectivity index (χ0) is 14.8. The van der Waals surface area contributed by atoms with Crippen LogP contribution in [-0.2, 0) is 4.79 Å². The van der Waals surface area contributed by atoms with E-state index in [1.165, 1.54) is 11.3 Å². The number of carboxylic acids is 1. The lowest BCUT2D eigenvalue weighted by atomic mass is 10.2. The largest absolute Gasteiger partial charge is 0.480 e. The van der Waals surface area contributed by atoms with E-state index in [1.54, 1.807) is 16.7 Å². The molecule has 1 atom stereocenters. The van der Waals surface area contributed by atoms with Crippen molar-refractivity contribution in [1.82, 2.24) is 9.97 Å². The highest BCUT2D eigenvalue weighted by Crippen LogP contribution is 2.26. The lowest BCUT2D eigenvalue weighted by molar-refractivity contribution is -0.138. The van der Waals surface area contributed by atoms with Gasteiger partial charge in [-0.15, -0.1) is 22.7 Å². The second kappa shape index (κ2) is 5.96. The molecule has 2 aromatic heterocycles. The van der Waals surface area contributed by atoms with Crippen molar-refractivity contribution in [1.29, 1.82) is 0 Å². The summed E-state index contributed by atoms with van der Waals surface area (Å²) in [6, 6.07) is -1.05. The summed E-state index contributed by atoms with van der Waals surface area (Å²) in [5.74, 6) is -1.06. The Kier molecular flexibility index (Phi) is 4.04. The van der Waals surface area contributed by atoms with Gasteiger partial charge in [-0.1, -0.05) is 0 Å². The fourth-order valence-electron chi connectivity index (χ4n) is 2.15. The first-order valence-corrected chi connectivity index (χ1v) is 8.24. The minimum absolute atomic E-state index is 0.421. The van der Waals surface area contributed by atoms with Gasteiger partial charge < -0.3 is 20.6 Å². The van der Waals surface area contributed by atoms with E-state index in [4.69, 9.17) is 10.8 Å². The van der Waals surface area contributed by atoms with Gasteiger partial charge in [0.1, 0.15) is 6.04 Å². The molecule has 112 valence electrons. The van der Waals surface area contributed by atoms with Gasteiger partial charge in [0.15, 0.2) is 10.3 Å². The van der Waals surface area contributed by atoms with Crippen LogP contribution in [0, 0.1) is 0 Å². The normalized spacial score (nSPS) is 17.0. The number of thiazole rings is 2. The quantitative estimate of drug-likeness (QED) is 0.866. The third-order valence-electron chi connectivity index (χ3n) is 3.33. The molecule has 3 heterocycles. The zero-order valence-electron chi connectivity index (χ0n) is 11.2. The van der Waals surface area contributed by atoms with E-state index in [9.17, 15) is 4.79 Å². The van der Waals surface area contributed by atoms with Crippen LogP contribution in [0.15, 0.2) is 17.0 Å². The summed E-state index contributed by atoms with van der Waals surface area (Å²) in [4.78, 5) is 23.9.